The van der Waals surface area contributed by atoms with Crippen LogP contribution in [0.25, 0.3) is 11.2 Å². The quantitative estimate of drug-likeness (QED) is 0.196. The Hall–Kier alpha value is -4.32. The highest BCUT2D eigenvalue weighted by Crippen LogP contribution is 2.38. The summed E-state index contributed by atoms with van der Waals surface area (Å²) in [6.07, 6.45) is -16.0. The summed E-state index contributed by atoms with van der Waals surface area (Å²) < 4.78 is 136. The van der Waals surface area contributed by atoms with Gasteiger partial charge in [0, 0.05) is 12.6 Å². The van der Waals surface area contributed by atoms with E-state index in [4.69, 9.17) is 4.74 Å². The van der Waals surface area contributed by atoms with Crippen LogP contribution in [0.2, 0.25) is 0 Å². The Balaban J connectivity index is 1.60. The van der Waals surface area contributed by atoms with Crippen molar-refractivity contribution in [3.63, 3.8) is 0 Å². The molecule has 4 rings (SSSR count). The Morgan fingerprint density at radius 3 is 2.27 bits per heavy atom. The third-order valence-corrected chi connectivity index (χ3v) is 6.86. The van der Waals surface area contributed by atoms with Gasteiger partial charge in [-0.2, -0.15) is 40.1 Å². The summed E-state index contributed by atoms with van der Waals surface area (Å²) in [5, 5.41) is 6.78. The lowest BCUT2D eigenvalue weighted by atomic mass is 9.85. The van der Waals surface area contributed by atoms with E-state index in [1.807, 2.05) is 5.32 Å². The van der Waals surface area contributed by atoms with Gasteiger partial charge in [0.15, 0.2) is 12.3 Å². The summed E-state index contributed by atoms with van der Waals surface area (Å²) in [7, 11) is 0. The molecule has 45 heavy (non-hydrogen) atoms. The molecule has 1 fully saturated rings. The number of alkyl halides is 10. The lowest BCUT2D eigenvalue weighted by Gasteiger charge is -2.30. The number of anilines is 2. The second kappa shape index (κ2) is 13.4. The first-order valence-electron chi connectivity index (χ1n) is 13.2. The van der Waals surface area contributed by atoms with Crippen molar-refractivity contribution in [3.8, 4) is 5.88 Å². The van der Waals surface area contributed by atoms with E-state index in [0.29, 0.717) is 6.07 Å². The molecule has 2 amide bonds. The van der Waals surface area contributed by atoms with Gasteiger partial charge >= 0.3 is 18.8 Å². The summed E-state index contributed by atoms with van der Waals surface area (Å²) in [4.78, 5) is 34.7. The average molecular weight is 658 g/mol. The lowest BCUT2D eigenvalue weighted by Crippen LogP contribution is -2.40. The molecule has 2 heterocycles. The number of pyridine rings is 1. The highest BCUT2D eigenvalue weighted by atomic mass is 19.4. The van der Waals surface area contributed by atoms with Crippen LogP contribution in [0.4, 0.5) is 55.5 Å². The number of aromatic amines is 1. The molecule has 9 nitrogen and oxygen atoms in total. The first-order valence-corrected chi connectivity index (χ1v) is 13.2. The minimum absolute atomic E-state index is 0.00169. The van der Waals surface area contributed by atoms with Crippen LogP contribution in [0.5, 0.6) is 5.88 Å². The third kappa shape index (κ3) is 8.65. The molecule has 0 radical (unpaired) electrons. The number of H-pyrrole nitrogens is 1. The third-order valence-electron chi connectivity index (χ3n) is 6.86. The lowest BCUT2D eigenvalue weighted by molar-refractivity contribution is -0.182. The Labute approximate surface area is 247 Å². The molecular formula is C26H24F10N6O3. The number of ether oxygens (including phenoxy) is 1. The van der Waals surface area contributed by atoms with Gasteiger partial charge in [-0.25, -0.2) is 13.8 Å². The van der Waals surface area contributed by atoms with Crippen molar-refractivity contribution >= 4 is 34.6 Å². The number of fused-ring (bicyclic) bond motifs is 1. The number of imidazole rings is 1. The summed E-state index contributed by atoms with van der Waals surface area (Å²) in [5.74, 6) is -5.00. The van der Waals surface area contributed by atoms with Crippen LogP contribution < -0.4 is 20.7 Å². The minimum atomic E-state index is -4.89. The molecule has 0 saturated heterocycles. The van der Waals surface area contributed by atoms with Gasteiger partial charge in [0.25, 0.3) is 18.2 Å². The van der Waals surface area contributed by atoms with Crippen LogP contribution in [0, 0.1) is 5.92 Å². The van der Waals surface area contributed by atoms with E-state index in [-0.39, 0.29) is 48.4 Å². The largest absolute Gasteiger partial charge is 0.471 e. The molecule has 19 heteroatoms. The van der Waals surface area contributed by atoms with Gasteiger partial charge < -0.3 is 25.7 Å². The predicted molar refractivity (Wildman–Crippen MR) is 137 cm³/mol. The fraction of sp³-hybridized carbons (Fsp3) is 0.462. The van der Waals surface area contributed by atoms with Crippen molar-refractivity contribution in [2.24, 2.45) is 5.92 Å². The standard InChI is InChI=1S/C26H24F10N6O3/c27-18(28)10-45-23-14(21(43)38-13-4-2-12(3-5-13)25(31,32)33)8-17-20(41-23)42-24(40-17)39-16-7-11(9-37-22(44)19(29)30)1-6-15(16)26(34,35)36/h1,6-8,12-13,18-19H,2-5,9-10H2,(H,37,44)(H,38,43)(H2,39,40,41,42)/t12-,13-. The summed E-state index contributed by atoms with van der Waals surface area (Å²) in [5.41, 5.74) is -2.50. The molecule has 0 unspecified atom stereocenters. The number of hydrogen-bond acceptors (Lipinski definition) is 6. The van der Waals surface area contributed by atoms with Gasteiger partial charge in [0.2, 0.25) is 11.8 Å². The van der Waals surface area contributed by atoms with Crippen LogP contribution in [0.1, 0.15) is 47.2 Å². The zero-order valence-electron chi connectivity index (χ0n) is 22.8. The van der Waals surface area contributed by atoms with Crippen molar-refractivity contribution in [1.29, 1.82) is 0 Å². The fourth-order valence-electron chi connectivity index (χ4n) is 4.67. The Kier molecular flexibility index (Phi) is 9.96. The smallest absolute Gasteiger partial charge is 0.418 e. The summed E-state index contributed by atoms with van der Waals surface area (Å²) in [6.45, 7) is -1.71. The van der Waals surface area contributed by atoms with Crippen molar-refractivity contribution in [2.75, 3.05) is 11.9 Å². The molecule has 0 bridgehead atoms. The normalized spacial score (nSPS) is 17.5. The molecule has 246 valence electrons. The van der Waals surface area contributed by atoms with Crippen molar-refractivity contribution < 1.29 is 58.2 Å². The topological polar surface area (TPSA) is 121 Å². The first-order chi connectivity index (χ1) is 21.0. The maximum absolute atomic E-state index is 13.7. The molecule has 0 aliphatic heterocycles. The van der Waals surface area contributed by atoms with Crippen LogP contribution in [-0.2, 0) is 17.5 Å². The maximum Gasteiger partial charge on any atom is 0.418 e. The van der Waals surface area contributed by atoms with Gasteiger partial charge in [-0.15, -0.1) is 0 Å². The highest BCUT2D eigenvalue weighted by molar-refractivity contribution is 5.99. The van der Waals surface area contributed by atoms with E-state index >= 15 is 0 Å². The van der Waals surface area contributed by atoms with E-state index in [9.17, 15) is 53.5 Å². The van der Waals surface area contributed by atoms with Crippen LogP contribution in [-0.4, -0.2) is 58.4 Å². The minimum Gasteiger partial charge on any atom is -0.471 e. The van der Waals surface area contributed by atoms with Gasteiger partial charge in [-0.05, 0) is 49.4 Å². The molecule has 0 spiro atoms. The number of halogens is 10. The van der Waals surface area contributed by atoms with Crippen LogP contribution >= 0.6 is 0 Å². The molecule has 1 saturated carbocycles. The number of hydrogen-bond donors (Lipinski definition) is 4. The number of rotatable bonds is 10. The number of aromatic nitrogens is 3. The monoisotopic (exact) mass is 658 g/mol. The molecular weight excluding hydrogens is 634 g/mol. The van der Waals surface area contributed by atoms with Gasteiger partial charge in [0.05, 0.1) is 17.2 Å². The van der Waals surface area contributed by atoms with Crippen molar-refractivity contribution in [1.82, 2.24) is 25.6 Å². The second-order valence-corrected chi connectivity index (χ2v) is 10.1. The summed E-state index contributed by atoms with van der Waals surface area (Å²) >= 11 is 0. The Morgan fingerprint density at radius 2 is 1.67 bits per heavy atom. The van der Waals surface area contributed by atoms with E-state index in [0.717, 1.165) is 18.2 Å². The van der Waals surface area contributed by atoms with Gasteiger partial charge in [-0.1, -0.05) is 6.07 Å². The van der Waals surface area contributed by atoms with E-state index < -0.39 is 84.8 Å². The van der Waals surface area contributed by atoms with Crippen molar-refractivity contribution in [2.45, 2.75) is 63.5 Å². The summed E-state index contributed by atoms with van der Waals surface area (Å²) in [6, 6.07) is 2.94. The molecule has 1 aromatic carbocycles. The van der Waals surface area contributed by atoms with Crippen LogP contribution in [0.3, 0.4) is 0 Å². The van der Waals surface area contributed by atoms with Crippen LogP contribution in [0.15, 0.2) is 24.3 Å². The molecule has 1 aliphatic carbocycles. The van der Waals surface area contributed by atoms with Gasteiger partial charge in [0.1, 0.15) is 11.1 Å². The van der Waals surface area contributed by atoms with E-state index in [1.54, 1.807) is 0 Å². The second-order valence-electron chi connectivity index (χ2n) is 10.1. The molecule has 1 aliphatic rings. The van der Waals surface area contributed by atoms with E-state index in [1.165, 1.54) is 0 Å². The van der Waals surface area contributed by atoms with E-state index in [2.05, 4.69) is 25.6 Å². The number of nitrogens with one attached hydrogen (secondary N) is 4. The van der Waals surface area contributed by atoms with Crippen molar-refractivity contribution in [3.05, 3.63) is 41.0 Å². The molecule has 4 N–H and O–H groups in total. The number of benzene rings is 1. The SMILES string of the molecule is O=C(N[C@H]1CC[C@H](C(F)(F)F)CC1)c1cc2nc(Nc3cc(CNC(=O)C(F)F)ccc3C(F)(F)F)[nH]c2nc1OCC(F)F. The zero-order chi connectivity index (χ0) is 33.1. The molecule has 0 atom stereocenters. The highest BCUT2D eigenvalue weighted by Gasteiger charge is 2.41. The fourth-order valence-corrected chi connectivity index (χ4v) is 4.67. The Bertz CT molecular complexity index is 1520. The first kappa shape index (κ1) is 33.6. The Morgan fingerprint density at radius 1 is 0.978 bits per heavy atom. The zero-order valence-corrected chi connectivity index (χ0v) is 22.8. The predicted octanol–water partition coefficient (Wildman–Crippen LogP) is 6.10. The van der Waals surface area contributed by atoms with Gasteiger partial charge in [-0.3, -0.25) is 9.59 Å². The molecule has 3 aromatic rings. The number of nitrogens with zero attached hydrogens (tertiary/aromatic N) is 2. The average Bonchev–Trinajstić information content (AvgIpc) is 3.34. The molecule has 2 aromatic heterocycles. The maximum atomic E-state index is 13.7. The number of amides is 2. The number of carbonyl (C=O) groups is 2. The number of carbonyl (C=O) groups excluding carboxylic acids is 2.